The number of rotatable bonds is 37. The molecule has 0 atom stereocenters. The van der Waals surface area contributed by atoms with E-state index in [0.717, 1.165) is 63.6 Å². The largest absolute Gasteiger partial charge is 0.483 e. The summed E-state index contributed by atoms with van der Waals surface area (Å²) in [6, 6.07) is 0. The summed E-state index contributed by atoms with van der Waals surface area (Å²) in [7, 11) is 3.47. The number of nitrogens with zero attached hydrogens (tertiary/aromatic N) is 1. The quantitative estimate of drug-likeness (QED) is 0.0345. The number of unbranched alkanes of at least 4 members (excludes halogenated alkanes) is 13. The van der Waals surface area contributed by atoms with Gasteiger partial charge in [-0.2, -0.15) is 0 Å². The van der Waals surface area contributed by atoms with Gasteiger partial charge in [0, 0.05) is 33.7 Å². The van der Waals surface area contributed by atoms with E-state index in [1.807, 2.05) is 0 Å². The molecule has 318 valence electrons. The van der Waals surface area contributed by atoms with Crippen LogP contribution in [0.15, 0.2) is 9.59 Å². The number of anilines is 2. The molecule has 54 heavy (non-hydrogen) atoms. The van der Waals surface area contributed by atoms with E-state index in [2.05, 4.69) is 43.2 Å². The second-order valence-corrected chi connectivity index (χ2v) is 15.2. The molecule has 1 aromatic carbocycles. The zero-order valence-corrected chi connectivity index (χ0v) is 36.2. The lowest BCUT2D eigenvalue weighted by Crippen LogP contribution is -2.37. The third kappa shape index (κ3) is 31.0. The topological polar surface area (TPSA) is 125 Å². The Morgan fingerprint density at radius 1 is 0.593 bits per heavy atom. The lowest BCUT2D eigenvalue weighted by Gasteiger charge is -2.23. The van der Waals surface area contributed by atoms with Crippen molar-refractivity contribution >= 4 is 24.1 Å². The predicted octanol–water partition coefficient (Wildman–Crippen LogP) is 11.0. The van der Waals surface area contributed by atoms with Crippen molar-refractivity contribution in [1.82, 2.24) is 4.90 Å². The summed E-state index contributed by atoms with van der Waals surface area (Å²) in [5.74, 6) is 1.88. The first-order valence-electron chi connectivity index (χ1n) is 22.3. The van der Waals surface area contributed by atoms with E-state index in [-0.39, 0.29) is 6.47 Å². The van der Waals surface area contributed by atoms with E-state index in [0.29, 0.717) is 24.3 Å². The molecular formula is C45H87N3O6. The van der Waals surface area contributed by atoms with Gasteiger partial charge in [0.05, 0.1) is 0 Å². The van der Waals surface area contributed by atoms with Crippen LogP contribution in [-0.2, 0) is 14.3 Å². The van der Waals surface area contributed by atoms with E-state index >= 15 is 0 Å². The summed E-state index contributed by atoms with van der Waals surface area (Å²) in [6.07, 6.45) is 34.4. The van der Waals surface area contributed by atoms with Gasteiger partial charge in [-0.05, 0) is 63.6 Å². The molecule has 3 N–H and O–H groups in total. The van der Waals surface area contributed by atoms with E-state index in [1.54, 1.807) is 14.2 Å². The maximum atomic E-state index is 11.8. The van der Waals surface area contributed by atoms with Crippen LogP contribution in [0.5, 0.6) is 0 Å². The maximum absolute atomic E-state index is 11.8. The van der Waals surface area contributed by atoms with Crippen molar-refractivity contribution in [1.29, 1.82) is 0 Å². The number of carbonyl (C=O) groups excluding carboxylic acids is 1. The smallest absolute Gasteiger partial charge is 0.290 e. The first-order valence-corrected chi connectivity index (χ1v) is 22.3. The van der Waals surface area contributed by atoms with Gasteiger partial charge in [-0.25, -0.2) is 0 Å². The minimum absolute atomic E-state index is 0.250. The second kappa shape index (κ2) is 41.9. The zero-order chi connectivity index (χ0) is 40.5. The molecule has 0 unspecified atom stereocenters. The Labute approximate surface area is 332 Å². The minimum atomic E-state index is -0.414. The van der Waals surface area contributed by atoms with Crippen LogP contribution in [0.3, 0.4) is 0 Å². The number of ether oxygens (including phenoxy) is 1. The molecule has 0 saturated heterocycles. The number of nitrogens with one attached hydrogen (secondary N) is 2. The van der Waals surface area contributed by atoms with Crippen LogP contribution in [0.1, 0.15) is 195 Å². The summed E-state index contributed by atoms with van der Waals surface area (Å²) in [5, 5.41) is 12.9. The number of hydrogen-bond acceptors (Lipinski definition) is 8. The van der Waals surface area contributed by atoms with Crippen LogP contribution in [-0.4, -0.2) is 69.7 Å². The van der Waals surface area contributed by atoms with Crippen molar-refractivity contribution in [2.75, 3.05) is 57.6 Å². The predicted molar refractivity (Wildman–Crippen MR) is 232 cm³/mol. The third-order valence-electron chi connectivity index (χ3n) is 10.6. The van der Waals surface area contributed by atoms with Gasteiger partial charge in [-0.3, -0.25) is 14.4 Å². The SMILES string of the molecule is CCCC(CCC)CCOC.CCCCC(CCCC)CCCCCCCCCN(CCCCCCCC=O)CCCNc1c(NC)c(=O)c1=O.O=CO. The van der Waals surface area contributed by atoms with Crippen molar-refractivity contribution in [3.8, 4) is 0 Å². The standard InChI is InChI=1S/C34H63N3O3.C10H22O.CH2O2/c1-4-6-22-30(23-7-5-2)24-17-13-9-8-10-14-18-26-37(27-19-15-11-12-16-20-29-38)28-21-25-36-32-31(35-3)33(39)34(32)40;1-4-6-10(7-5-2)8-9-11-3;2-1-3/h29-30,35-36H,4-28H2,1-3H3;10H,4-9H2,1-3H3;1H,(H,2,3). The molecule has 0 heterocycles. The van der Waals surface area contributed by atoms with Gasteiger partial charge in [0.15, 0.2) is 0 Å². The molecule has 0 fully saturated rings. The highest BCUT2D eigenvalue weighted by Gasteiger charge is 2.19. The fourth-order valence-electron chi connectivity index (χ4n) is 7.35. The zero-order valence-electron chi connectivity index (χ0n) is 36.2. The molecule has 9 nitrogen and oxygen atoms in total. The molecule has 0 saturated carbocycles. The molecule has 1 aromatic rings. The van der Waals surface area contributed by atoms with Gasteiger partial charge in [0.2, 0.25) is 0 Å². The molecule has 0 aliphatic heterocycles. The first-order chi connectivity index (χ1) is 26.3. The normalized spacial score (nSPS) is 11.1. The molecule has 0 bridgehead atoms. The van der Waals surface area contributed by atoms with Crippen LogP contribution in [0.25, 0.3) is 0 Å². The molecule has 0 aliphatic rings. The molecule has 1 rings (SSSR count). The monoisotopic (exact) mass is 766 g/mol. The highest BCUT2D eigenvalue weighted by molar-refractivity contribution is 5.73. The lowest BCUT2D eigenvalue weighted by atomic mass is 9.90. The second-order valence-electron chi connectivity index (χ2n) is 15.2. The van der Waals surface area contributed by atoms with Crippen molar-refractivity contribution in [2.24, 2.45) is 11.8 Å². The van der Waals surface area contributed by atoms with Gasteiger partial charge in [-0.15, -0.1) is 0 Å². The molecule has 9 heteroatoms. The Bertz CT molecular complexity index is 998. The number of carboxylic acid groups (broad SMARTS) is 1. The van der Waals surface area contributed by atoms with E-state index < -0.39 is 10.9 Å². The summed E-state index contributed by atoms with van der Waals surface area (Å²) in [6.45, 7) is 13.8. The fourth-order valence-corrected chi connectivity index (χ4v) is 7.35. The Morgan fingerprint density at radius 3 is 1.52 bits per heavy atom. The van der Waals surface area contributed by atoms with E-state index in [1.165, 1.54) is 141 Å². The van der Waals surface area contributed by atoms with Crippen LogP contribution >= 0.6 is 0 Å². The van der Waals surface area contributed by atoms with Crippen LogP contribution in [0.4, 0.5) is 11.4 Å². The van der Waals surface area contributed by atoms with Crippen molar-refractivity contribution < 1.29 is 19.4 Å². The Morgan fingerprint density at radius 2 is 1.04 bits per heavy atom. The number of carbonyl (C=O) groups is 2. The molecule has 0 aromatic heterocycles. The fraction of sp³-hybridized carbons (Fsp3) is 0.867. The lowest BCUT2D eigenvalue weighted by molar-refractivity contribution is -0.122. The highest BCUT2D eigenvalue weighted by Crippen LogP contribution is 2.23. The van der Waals surface area contributed by atoms with Crippen LogP contribution < -0.4 is 21.5 Å². The number of aldehydes is 1. The molecule has 0 radical (unpaired) electrons. The van der Waals surface area contributed by atoms with E-state index in [4.69, 9.17) is 14.6 Å². The first kappa shape index (κ1) is 53.8. The molecule has 0 spiro atoms. The van der Waals surface area contributed by atoms with Crippen molar-refractivity contribution in [3.63, 3.8) is 0 Å². The van der Waals surface area contributed by atoms with Gasteiger partial charge in [-0.1, -0.05) is 156 Å². The Hall–Kier alpha value is -2.26. The van der Waals surface area contributed by atoms with Crippen LogP contribution in [0, 0.1) is 11.8 Å². The third-order valence-corrected chi connectivity index (χ3v) is 10.6. The molecule has 0 aliphatic carbocycles. The van der Waals surface area contributed by atoms with Gasteiger partial charge >= 0.3 is 0 Å². The summed E-state index contributed by atoms with van der Waals surface area (Å²) >= 11 is 0. The molecular weight excluding hydrogens is 679 g/mol. The summed E-state index contributed by atoms with van der Waals surface area (Å²) < 4.78 is 5.06. The average Bonchev–Trinajstić information content (AvgIpc) is 3.17. The minimum Gasteiger partial charge on any atom is -0.483 e. The Kier molecular flexibility index (Phi) is 41.8. The maximum Gasteiger partial charge on any atom is 0.290 e. The van der Waals surface area contributed by atoms with Gasteiger partial charge in [0.1, 0.15) is 17.7 Å². The van der Waals surface area contributed by atoms with Crippen molar-refractivity contribution in [2.45, 2.75) is 195 Å². The summed E-state index contributed by atoms with van der Waals surface area (Å²) in [5.41, 5.74) is 0.0579. The van der Waals surface area contributed by atoms with Crippen molar-refractivity contribution in [3.05, 3.63) is 20.4 Å². The Balaban J connectivity index is 0. The van der Waals surface area contributed by atoms with Crippen LogP contribution in [0.2, 0.25) is 0 Å². The number of methoxy groups -OCH3 is 1. The summed E-state index contributed by atoms with van der Waals surface area (Å²) in [4.78, 5) is 44.8. The number of hydrogen-bond donors (Lipinski definition) is 3. The average molecular weight is 766 g/mol. The van der Waals surface area contributed by atoms with Gasteiger partial charge in [0.25, 0.3) is 17.3 Å². The highest BCUT2D eigenvalue weighted by atomic mass is 16.5. The van der Waals surface area contributed by atoms with Gasteiger partial charge < -0.3 is 30.2 Å². The van der Waals surface area contributed by atoms with E-state index in [9.17, 15) is 14.4 Å². The molecule has 0 amide bonds.